The molecule has 3 aliphatic carbocycles. The second-order valence-corrected chi connectivity index (χ2v) is 18.7. The number of nitrogens with zero attached hydrogens (tertiary/aromatic N) is 2. The van der Waals surface area contributed by atoms with Gasteiger partial charge >= 0.3 is 0 Å². The number of benzene rings is 11. The highest BCUT2D eigenvalue weighted by Crippen LogP contribution is 2.67. The monoisotopic (exact) mass is 862 g/mol. The SMILES string of the molecule is c1ccc(N2c3ccccc3C3(c4ccccc4-c4ccc(N(c5cccc6c5-c5ccccc5C65c6ccccc6-c6ccccc65)c5cccc6ccccc56)cc43)c3ccccc32)cc1. The highest BCUT2D eigenvalue weighted by atomic mass is 15.2. The Hall–Kier alpha value is -8.72. The zero-order chi connectivity index (χ0) is 44.6. The van der Waals surface area contributed by atoms with Gasteiger partial charge < -0.3 is 9.80 Å². The summed E-state index contributed by atoms with van der Waals surface area (Å²) >= 11 is 0. The Bertz CT molecular complexity index is 3800. The zero-order valence-corrected chi connectivity index (χ0v) is 37.1. The van der Waals surface area contributed by atoms with E-state index in [-0.39, 0.29) is 0 Å². The molecule has 2 heteroatoms. The lowest BCUT2D eigenvalue weighted by atomic mass is 9.64. The zero-order valence-electron chi connectivity index (χ0n) is 37.1. The largest absolute Gasteiger partial charge is 0.310 e. The molecule has 0 saturated carbocycles. The van der Waals surface area contributed by atoms with E-state index in [0.29, 0.717) is 0 Å². The molecule has 2 spiro atoms. The van der Waals surface area contributed by atoms with Crippen LogP contribution in [0, 0.1) is 0 Å². The van der Waals surface area contributed by atoms with Gasteiger partial charge in [0.1, 0.15) is 0 Å². The van der Waals surface area contributed by atoms with Crippen LogP contribution in [0.4, 0.5) is 34.1 Å². The van der Waals surface area contributed by atoms with Gasteiger partial charge in [-0.25, -0.2) is 0 Å². The molecule has 15 rings (SSSR count). The maximum Gasteiger partial charge on any atom is 0.0755 e. The van der Waals surface area contributed by atoms with E-state index in [0.717, 1.165) is 22.7 Å². The van der Waals surface area contributed by atoms with E-state index in [1.807, 2.05) is 0 Å². The molecule has 0 unspecified atom stereocenters. The Balaban J connectivity index is 1.04. The summed E-state index contributed by atoms with van der Waals surface area (Å²) < 4.78 is 0. The van der Waals surface area contributed by atoms with Crippen LogP contribution < -0.4 is 9.80 Å². The van der Waals surface area contributed by atoms with E-state index in [4.69, 9.17) is 0 Å². The molecule has 0 bridgehead atoms. The maximum atomic E-state index is 2.58. The normalized spacial score (nSPS) is 14.4. The van der Waals surface area contributed by atoms with E-state index in [1.165, 1.54) is 100 Å². The summed E-state index contributed by atoms with van der Waals surface area (Å²) in [4.78, 5) is 5.04. The van der Waals surface area contributed by atoms with Gasteiger partial charge in [0.05, 0.1) is 33.6 Å². The van der Waals surface area contributed by atoms with Gasteiger partial charge in [0.2, 0.25) is 0 Å². The van der Waals surface area contributed by atoms with Crippen molar-refractivity contribution in [3.05, 3.63) is 299 Å². The van der Waals surface area contributed by atoms with Crippen molar-refractivity contribution in [2.75, 3.05) is 9.80 Å². The Kier molecular flexibility index (Phi) is 7.67. The first-order valence-electron chi connectivity index (χ1n) is 23.8. The second kappa shape index (κ2) is 13.9. The molecule has 11 aromatic rings. The summed E-state index contributed by atoms with van der Waals surface area (Å²) in [6.45, 7) is 0. The standard InChI is InChI=1S/C66H42N2/c1-2-22-44(23-3-1)67-61-36-16-14-33-56(61)66(57-34-15-17-37-62(57)67)54-31-12-8-27-49(54)50-41-40-45(42-59(50)66)68(60-38-18-21-43-20-4-5-24-46(43)60)63-39-19-35-58-64(63)51-28-9-13-32-55(51)65(58)52-29-10-6-25-47(52)48-26-7-11-30-53(48)65/h1-42H. The Morgan fingerprint density at radius 2 is 0.735 bits per heavy atom. The molecular weight excluding hydrogens is 821 g/mol. The minimum atomic E-state index is -0.600. The van der Waals surface area contributed by atoms with Crippen LogP contribution in [0.2, 0.25) is 0 Å². The fourth-order valence-electron chi connectivity index (χ4n) is 13.2. The average molecular weight is 863 g/mol. The minimum Gasteiger partial charge on any atom is -0.310 e. The fraction of sp³-hybridized carbons (Fsp3) is 0.0303. The van der Waals surface area contributed by atoms with Crippen LogP contribution >= 0.6 is 0 Å². The lowest BCUT2D eigenvalue weighted by Gasteiger charge is -2.45. The number of hydrogen-bond donors (Lipinski definition) is 0. The number of anilines is 6. The first-order valence-corrected chi connectivity index (χ1v) is 23.8. The molecule has 2 nitrogen and oxygen atoms in total. The first kappa shape index (κ1) is 37.5. The third-order valence-corrected chi connectivity index (χ3v) is 15.6. The number of para-hydroxylation sites is 3. The summed E-state index contributed by atoms with van der Waals surface area (Å²) in [5.74, 6) is 0. The molecule has 0 aromatic heterocycles. The molecular formula is C66H42N2. The maximum absolute atomic E-state index is 2.58. The summed E-state index contributed by atoms with van der Waals surface area (Å²) in [6, 6.07) is 95.6. The smallest absolute Gasteiger partial charge is 0.0755 e. The second-order valence-electron chi connectivity index (χ2n) is 18.7. The Morgan fingerprint density at radius 3 is 1.38 bits per heavy atom. The van der Waals surface area contributed by atoms with Gasteiger partial charge in [-0.05, 0) is 126 Å². The lowest BCUT2D eigenvalue weighted by Crippen LogP contribution is -2.36. The molecule has 0 atom stereocenters. The van der Waals surface area contributed by atoms with Crippen LogP contribution in [0.1, 0.15) is 44.5 Å². The van der Waals surface area contributed by atoms with Crippen molar-refractivity contribution in [1.82, 2.24) is 0 Å². The van der Waals surface area contributed by atoms with Crippen molar-refractivity contribution >= 4 is 44.9 Å². The Morgan fingerprint density at radius 1 is 0.294 bits per heavy atom. The molecule has 0 amide bonds. The van der Waals surface area contributed by atoms with Gasteiger partial charge in [-0.2, -0.15) is 0 Å². The van der Waals surface area contributed by atoms with Gasteiger partial charge in [-0.15, -0.1) is 0 Å². The molecule has 0 saturated heterocycles. The van der Waals surface area contributed by atoms with Crippen LogP contribution in [0.3, 0.4) is 0 Å². The highest BCUT2D eigenvalue weighted by molar-refractivity contribution is 6.06. The highest BCUT2D eigenvalue weighted by Gasteiger charge is 2.54. The van der Waals surface area contributed by atoms with Crippen molar-refractivity contribution in [2.24, 2.45) is 0 Å². The first-order chi connectivity index (χ1) is 33.8. The Labute approximate surface area is 396 Å². The van der Waals surface area contributed by atoms with Crippen LogP contribution in [0.5, 0.6) is 0 Å². The van der Waals surface area contributed by atoms with Crippen LogP contribution in [0.15, 0.2) is 255 Å². The quantitative estimate of drug-likeness (QED) is 0.174. The van der Waals surface area contributed by atoms with Crippen molar-refractivity contribution in [3.8, 4) is 33.4 Å². The van der Waals surface area contributed by atoms with Crippen molar-refractivity contribution in [2.45, 2.75) is 10.8 Å². The van der Waals surface area contributed by atoms with E-state index < -0.39 is 10.8 Å². The van der Waals surface area contributed by atoms with Gasteiger partial charge in [0, 0.05) is 22.3 Å². The molecule has 1 aliphatic heterocycles. The van der Waals surface area contributed by atoms with Gasteiger partial charge in [-0.3, -0.25) is 0 Å². The average Bonchev–Trinajstić information content (AvgIpc) is 4.00. The van der Waals surface area contributed by atoms with Crippen LogP contribution in [0.25, 0.3) is 44.2 Å². The van der Waals surface area contributed by atoms with E-state index >= 15 is 0 Å². The predicted octanol–water partition coefficient (Wildman–Crippen LogP) is 16.8. The molecule has 11 aromatic carbocycles. The summed E-state index contributed by atoms with van der Waals surface area (Å²) in [7, 11) is 0. The molecule has 0 radical (unpaired) electrons. The lowest BCUT2D eigenvalue weighted by molar-refractivity contribution is 0.752. The van der Waals surface area contributed by atoms with Crippen molar-refractivity contribution < 1.29 is 0 Å². The number of hydrogen-bond acceptors (Lipinski definition) is 2. The minimum absolute atomic E-state index is 0.469. The number of rotatable bonds is 4. The van der Waals surface area contributed by atoms with E-state index in [1.54, 1.807) is 0 Å². The fourth-order valence-corrected chi connectivity index (χ4v) is 13.2. The van der Waals surface area contributed by atoms with Crippen molar-refractivity contribution in [1.29, 1.82) is 0 Å². The molecule has 0 N–H and O–H groups in total. The van der Waals surface area contributed by atoms with Crippen LogP contribution in [-0.4, -0.2) is 0 Å². The molecule has 68 heavy (non-hydrogen) atoms. The van der Waals surface area contributed by atoms with Gasteiger partial charge in [0.15, 0.2) is 0 Å². The molecule has 316 valence electrons. The van der Waals surface area contributed by atoms with E-state index in [2.05, 4.69) is 265 Å². The molecule has 4 aliphatic rings. The van der Waals surface area contributed by atoms with Gasteiger partial charge in [-0.1, -0.05) is 206 Å². The third kappa shape index (κ3) is 4.66. The summed E-state index contributed by atoms with van der Waals surface area (Å²) in [5, 5.41) is 2.41. The van der Waals surface area contributed by atoms with E-state index in [9.17, 15) is 0 Å². The summed E-state index contributed by atoms with van der Waals surface area (Å²) in [5.41, 5.74) is 24.1. The predicted molar refractivity (Wildman–Crippen MR) is 280 cm³/mol. The third-order valence-electron chi connectivity index (χ3n) is 15.6. The summed E-state index contributed by atoms with van der Waals surface area (Å²) in [6.07, 6.45) is 0. The number of fused-ring (bicyclic) bond motifs is 20. The topological polar surface area (TPSA) is 6.48 Å². The van der Waals surface area contributed by atoms with Crippen LogP contribution in [-0.2, 0) is 10.8 Å². The molecule has 1 heterocycles. The molecule has 0 fully saturated rings. The van der Waals surface area contributed by atoms with Gasteiger partial charge in [0.25, 0.3) is 0 Å². The van der Waals surface area contributed by atoms with Crippen molar-refractivity contribution in [3.63, 3.8) is 0 Å².